The highest BCUT2D eigenvalue weighted by atomic mass is 16.5. The van der Waals surface area contributed by atoms with E-state index >= 15 is 0 Å². The number of nitrogens with one attached hydrogen (secondary N) is 1. The van der Waals surface area contributed by atoms with Gasteiger partial charge in [-0.3, -0.25) is 14.6 Å². The summed E-state index contributed by atoms with van der Waals surface area (Å²) in [6.07, 6.45) is 9.37. The molecule has 1 aliphatic carbocycles. The number of amides is 2. The van der Waals surface area contributed by atoms with Crippen LogP contribution >= 0.6 is 0 Å². The third-order valence-corrected chi connectivity index (χ3v) is 6.72. The van der Waals surface area contributed by atoms with Crippen molar-refractivity contribution in [1.29, 1.82) is 0 Å². The third kappa shape index (κ3) is 5.61. The first-order chi connectivity index (χ1) is 16.0. The van der Waals surface area contributed by atoms with Crippen molar-refractivity contribution in [2.45, 2.75) is 64.0 Å². The van der Waals surface area contributed by atoms with Crippen LogP contribution in [0.4, 0.5) is 0 Å². The molecule has 1 aromatic heterocycles. The van der Waals surface area contributed by atoms with Gasteiger partial charge in [-0.2, -0.15) is 0 Å². The molecule has 6 heteroatoms. The summed E-state index contributed by atoms with van der Waals surface area (Å²) in [5, 5.41) is 3.04. The van der Waals surface area contributed by atoms with Gasteiger partial charge in [0.05, 0.1) is 13.2 Å². The van der Waals surface area contributed by atoms with E-state index in [-0.39, 0.29) is 23.8 Å². The van der Waals surface area contributed by atoms with E-state index in [1.54, 1.807) is 6.20 Å². The van der Waals surface area contributed by atoms with Gasteiger partial charge in [0.25, 0.3) is 5.91 Å². The van der Waals surface area contributed by atoms with Gasteiger partial charge < -0.3 is 15.0 Å². The molecule has 1 aromatic carbocycles. The summed E-state index contributed by atoms with van der Waals surface area (Å²) >= 11 is 0. The van der Waals surface area contributed by atoms with Crippen LogP contribution in [0.25, 0.3) is 11.1 Å². The van der Waals surface area contributed by atoms with E-state index in [1.165, 1.54) is 6.42 Å². The van der Waals surface area contributed by atoms with Crippen molar-refractivity contribution in [1.82, 2.24) is 15.2 Å². The van der Waals surface area contributed by atoms with E-state index in [4.69, 9.17) is 4.74 Å². The van der Waals surface area contributed by atoms with Crippen LogP contribution < -0.4 is 5.32 Å². The standard InChI is InChI=1S/C27H35N3O3/c1-20(2)29-26(32)27(17-21-10-12-22(13-11-21)24-9-6-14-28-18-24)19-30(15-16-33-27)25(31)23-7-4-3-5-8-23/h6,9-14,18,20,23H,3-5,7-8,15-17,19H2,1-2H3,(H,29,32). The molecule has 1 atom stereocenters. The van der Waals surface area contributed by atoms with Crippen LogP contribution in [0.3, 0.4) is 0 Å². The van der Waals surface area contributed by atoms with E-state index < -0.39 is 5.60 Å². The second-order valence-electron chi connectivity index (χ2n) is 9.68. The van der Waals surface area contributed by atoms with Gasteiger partial charge >= 0.3 is 0 Å². The number of ether oxygens (including phenoxy) is 1. The Hall–Kier alpha value is -2.73. The van der Waals surface area contributed by atoms with Gasteiger partial charge in [-0.15, -0.1) is 0 Å². The molecule has 1 saturated carbocycles. The van der Waals surface area contributed by atoms with E-state index in [9.17, 15) is 9.59 Å². The first-order valence-corrected chi connectivity index (χ1v) is 12.2. The molecule has 2 aromatic rings. The summed E-state index contributed by atoms with van der Waals surface area (Å²) in [5.74, 6) is 0.128. The number of carbonyl (C=O) groups is 2. The number of hydrogen-bond donors (Lipinski definition) is 1. The number of aromatic nitrogens is 1. The first-order valence-electron chi connectivity index (χ1n) is 12.2. The van der Waals surface area contributed by atoms with Crippen molar-refractivity contribution in [3.8, 4) is 11.1 Å². The molecule has 0 radical (unpaired) electrons. The zero-order valence-electron chi connectivity index (χ0n) is 19.8. The predicted octanol–water partition coefficient (Wildman–Crippen LogP) is 3.99. The SMILES string of the molecule is CC(C)NC(=O)C1(Cc2ccc(-c3cccnc3)cc2)CN(C(=O)C2CCCCC2)CCO1. The zero-order valence-corrected chi connectivity index (χ0v) is 19.8. The van der Waals surface area contributed by atoms with Crippen LogP contribution in [0.1, 0.15) is 51.5 Å². The van der Waals surface area contributed by atoms with Gasteiger partial charge in [0.15, 0.2) is 5.60 Å². The minimum absolute atomic E-state index is 0.00430. The molecule has 1 unspecified atom stereocenters. The highest BCUT2D eigenvalue weighted by Gasteiger charge is 2.46. The fourth-order valence-corrected chi connectivity index (χ4v) is 4.98. The van der Waals surface area contributed by atoms with Gasteiger partial charge in [-0.05, 0) is 49.4 Å². The van der Waals surface area contributed by atoms with Crippen LogP contribution in [-0.2, 0) is 20.7 Å². The van der Waals surface area contributed by atoms with Crippen molar-refractivity contribution in [3.05, 3.63) is 54.4 Å². The van der Waals surface area contributed by atoms with Gasteiger partial charge in [0.1, 0.15) is 0 Å². The average Bonchev–Trinajstić information content (AvgIpc) is 2.85. The second-order valence-corrected chi connectivity index (χ2v) is 9.68. The molecule has 2 heterocycles. The summed E-state index contributed by atoms with van der Waals surface area (Å²) in [4.78, 5) is 32.7. The largest absolute Gasteiger partial charge is 0.361 e. The normalized spacial score (nSPS) is 21.7. The summed E-state index contributed by atoms with van der Waals surface area (Å²) in [7, 11) is 0. The van der Waals surface area contributed by atoms with Crippen LogP contribution in [0.5, 0.6) is 0 Å². The number of morpholine rings is 1. The lowest BCUT2D eigenvalue weighted by atomic mass is 9.86. The lowest BCUT2D eigenvalue weighted by Crippen LogP contribution is -2.63. The zero-order chi connectivity index (χ0) is 23.3. The first kappa shape index (κ1) is 23.4. The van der Waals surface area contributed by atoms with Gasteiger partial charge in [-0.25, -0.2) is 0 Å². The van der Waals surface area contributed by atoms with Crippen LogP contribution in [0, 0.1) is 5.92 Å². The summed E-state index contributed by atoms with van der Waals surface area (Å²) in [6.45, 7) is 5.11. The lowest BCUT2D eigenvalue weighted by molar-refractivity contribution is -0.168. The van der Waals surface area contributed by atoms with Crippen molar-refractivity contribution in [2.75, 3.05) is 19.7 Å². The van der Waals surface area contributed by atoms with Crippen molar-refractivity contribution >= 4 is 11.8 Å². The smallest absolute Gasteiger partial charge is 0.254 e. The van der Waals surface area contributed by atoms with Gasteiger partial charge in [0.2, 0.25) is 5.91 Å². The molecule has 176 valence electrons. The molecular formula is C27H35N3O3. The highest BCUT2D eigenvalue weighted by molar-refractivity contribution is 5.88. The molecule has 1 aliphatic heterocycles. The maximum Gasteiger partial charge on any atom is 0.254 e. The number of rotatable bonds is 6. The Morgan fingerprint density at radius 2 is 1.88 bits per heavy atom. The fraction of sp³-hybridized carbons (Fsp3) is 0.519. The monoisotopic (exact) mass is 449 g/mol. The Morgan fingerprint density at radius 1 is 1.12 bits per heavy atom. The van der Waals surface area contributed by atoms with Crippen LogP contribution in [0.2, 0.25) is 0 Å². The van der Waals surface area contributed by atoms with E-state index in [0.717, 1.165) is 42.4 Å². The Bertz CT molecular complexity index is 939. The van der Waals surface area contributed by atoms with Crippen LogP contribution in [-0.4, -0.2) is 53.0 Å². The molecule has 6 nitrogen and oxygen atoms in total. The van der Waals surface area contributed by atoms with E-state index in [0.29, 0.717) is 26.1 Å². The van der Waals surface area contributed by atoms with Gasteiger partial charge in [0, 0.05) is 37.3 Å². The number of hydrogen-bond acceptors (Lipinski definition) is 4. The highest BCUT2D eigenvalue weighted by Crippen LogP contribution is 2.30. The molecule has 1 saturated heterocycles. The summed E-state index contributed by atoms with van der Waals surface area (Å²) in [5.41, 5.74) is 2.05. The fourth-order valence-electron chi connectivity index (χ4n) is 4.98. The quantitative estimate of drug-likeness (QED) is 0.724. The molecule has 0 spiro atoms. The predicted molar refractivity (Wildman–Crippen MR) is 128 cm³/mol. The minimum Gasteiger partial charge on any atom is -0.361 e. The van der Waals surface area contributed by atoms with Gasteiger partial charge in [-0.1, -0.05) is 49.6 Å². The van der Waals surface area contributed by atoms with Crippen molar-refractivity contribution in [2.24, 2.45) is 5.92 Å². The summed E-state index contributed by atoms with van der Waals surface area (Å²) < 4.78 is 6.20. The molecule has 33 heavy (non-hydrogen) atoms. The Kier molecular flexibility index (Phi) is 7.43. The molecule has 0 bridgehead atoms. The third-order valence-electron chi connectivity index (χ3n) is 6.72. The number of pyridine rings is 1. The molecule has 2 fully saturated rings. The number of nitrogens with zero attached hydrogens (tertiary/aromatic N) is 2. The van der Waals surface area contributed by atoms with E-state index in [1.807, 2.05) is 61.3 Å². The number of benzene rings is 1. The molecule has 2 aliphatic rings. The average molecular weight is 450 g/mol. The maximum atomic E-state index is 13.4. The molecule has 4 rings (SSSR count). The lowest BCUT2D eigenvalue weighted by Gasteiger charge is -2.43. The van der Waals surface area contributed by atoms with Crippen molar-refractivity contribution < 1.29 is 14.3 Å². The molecule has 1 N–H and O–H groups in total. The second kappa shape index (κ2) is 10.5. The summed E-state index contributed by atoms with van der Waals surface area (Å²) in [6, 6.07) is 12.1. The Balaban J connectivity index is 1.55. The molecular weight excluding hydrogens is 414 g/mol. The Morgan fingerprint density at radius 3 is 2.55 bits per heavy atom. The van der Waals surface area contributed by atoms with E-state index in [2.05, 4.69) is 10.3 Å². The maximum absolute atomic E-state index is 13.4. The minimum atomic E-state index is -1.08. The topological polar surface area (TPSA) is 71.5 Å². The Labute approximate surface area is 196 Å². The number of carbonyl (C=O) groups excluding carboxylic acids is 2. The van der Waals surface area contributed by atoms with Crippen LogP contribution in [0.15, 0.2) is 48.8 Å². The molecule has 2 amide bonds. The van der Waals surface area contributed by atoms with Crippen molar-refractivity contribution in [3.63, 3.8) is 0 Å².